The Morgan fingerprint density at radius 2 is 1.05 bits per heavy atom. The van der Waals surface area contributed by atoms with Crippen molar-refractivity contribution in [2.45, 2.75) is 0 Å². The number of hydrogen-bond donors (Lipinski definition) is 1. The van der Waals surface area contributed by atoms with Crippen LogP contribution in [0.25, 0.3) is 18.2 Å². The fraction of sp³-hybridized carbons (Fsp3) is 0.207. The van der Waals surface area contributed by atoms with E-state index in [-0.39, 0.29) is 5.91 Å². The molecule has 0 atom stereocenters. The van der Waals surface area contributed by atoms with Crippen molar-refractivity contribution in [3.63, 3.8) is 0 Å². The average Bonchev–Trinajstić information content (AvgIpc) is 2.93. The minimum absolute atomic E-state index is 0.278. The van der Waals surface area contributed by atoms with Crippen LogP contribution in [0.4, 0.5) is 5.69 Å². The van der Waals surface area contributed by atoms with Crippen LogP contribution < -0.4 is 33.7 Å². The third-order valence-corrected chi connectivity index (χ3v) is 5.42. The summed E-state index contributed by atoms with van der Waals surface area (Å²) in [6.07, 6.45) is 6.98. The predicted octanol–water partition coefficient (Wildman–Crippen LogP) is 5.56. The van der Waals surface area contributed by atoms with Crippen molar-refractivity contribution in [1.82, 2.24) is 0 Å². The van der Waals surface area contributed by atoms with Gasteiger partial charge in [-0.05, 0) is 59.2 Å². The van der Waals surface area contributed by atoms with Gasteiger partial charge in [0.05, 0.1) is 42.7 Å². The third kappa shape index (κ3) is 6.76. The Morgan fingerprint density at radius 1 is 0.595 bits per heavy atom. The summed E-state index contributed by atoms with van der Waals surface area (Å²) in [6, 6.07) is 14.7. The summed E-state index contributed by atoms with van der Waals surface area (Å²) in [5.74, 6) is 2.90. The summed E-state index contributed by atoms with van der Waals surface area (Å²) in [7, 11) is 9.34. The van der Waals surface area contributed by atoms with Crippen molar-refractivity contribution in [1.29, 1.82) is 0 Å². The molecule has 0 heterocycles. The largest absolute Gasteiger partial charge is 0.493 e. The van der Waals surface area contributed by atoms with E-state index in [0.29, 0.717) is 40.2 Å². The first-order valence-electron chi connectivity index (χ1n) is 11.3. The monoisotopic (exact) mass is 505 g/mol. The van der Waals surface area contributed by atoms with Crippen molar-refractivity contribution >= 4 is 29.8 Å². The molecule has 0 saturated heterocycles. The summed E-state index contributed by atoms with van der Waals surface area (Å²) in [6.45, 7) is 0. The summed E-state index contributed by atoms with van der Waals surface area (Å²) < 4.78 is 32.3. The first kappa shape index (κ1) is 27.0. The lowest BCUT2D eigenvalue weighted by molar-refractivity contribution is -0.111. The number of carbonyl (C=O) groups is 1. The molecule has 0 saturated carbocycles. The van der Waals surface area contributed by atoms with E-state index >= 15 is 0 Å². The molecule has 0 bridgehead atoms. The number of benzene rings is 3. The van der Waals surface area contributed by atoms with E-state index in [1.54, 1.807) is 53.8 Å². The molecule has 0 aliphatic heterocycles. The Balaban J connectivity index is 1.74. The molecule has 194 valence electrons. The lowest BCUT2D eigenvalue weighted by atomic mass is 10.1. The van der Waals surface area contributed by atoms with Gasteiger partial charge in [0.2, 0.25) is 17.4 Å². The molecule has 37 heavy (non-hydrogen) atoms. The van der Waals surface area contributed by atoms with E-state index in [1.807, 2.05) is 48.6 Å². The molecule has 8 nitrogen and oxygen atoms in total. The molecule has 0 fully saturated rings. The lowest BCUT2D eigenvalue weighted by Crippen LogP contribution is -2.07. The number of rotatable bonds is 11. The smallest absolute Gasteiger partial charge is 0.248 e. The minimum atomic E-state index is -0.278. The molecule has 3 rings (SSSR count). The van der Waals surface area contributed by atoms with Gasteiger partial charge in [-0.25, -0.2) is 0 Å². The molecule has 0 aromatic heterocycles. The van der Waals surface area contributed by atoms with Crippen LogP contribution in [0.15, 0.2) is 54.6 Å². The summed E-state index contributed by atoms with van der Waals surface area (Å²) in [5.41, 5.74) is 3.16. The molecule has 1 amide bonds. The van der Waals surface area contributed by atoms with Crippen LogP contribution in [0.3, 0.4) is 0 Å². The van der Waals surface area contributed by atoms with E-state index in [4.69, 9.17) is 28.4 Å². The quantitative estimate of drug-likeness (QED) is 0.270. The zero-order valence-corrected chi connectivity index (χ0v) is 21.8. The predicted molar refractivity (Wildman–Crippen MR) is 145 cm³/mol. The van der Waals surface area contributed by atoms with E-state index in [2.05, 4.69) is 5.32 Å². The molecular weight excluding hydrogens is 474 g/mol. The van der Waals surface area contributed by atoms with Crippen molar-refractivity contribution in [2.75, 3.05) is 48.0 Å². The maximum absolute atomic E-state index is 12.6. The second-order valence-corrected chi connectivity index (χ2v) is 7.70. The van der Waals surface area contributed by atoms with Crippen molar-refractivity contribution in [2.24, 2.45) is 0 Å². The van der Waals surface area contributed by atoms with Crippen LogP contribution in [0.5, 0.6) is 34.5 Å². The number of amides is 1. The highest BCUT2D eigenvalue weighted by atomic mass is 16.5. The SMILES string of the molecule is COc1cc(C=Cc2cccc(NC(=O)/C=C/c3cc(OC)c(OC)c(OC)c3)c2)cc(OC)c1OC. The maximum atomic E-state index is 12.6. The average molecular weight is 506 g/mol. The van der Waals surface area contributed by atoms with Gasteiger partial charge < -0.3 is 33.7 Å². The van der Waals surface area contributed by atoms with Gasteiger partial charge >= 0.3 is 0 Å². The number of hydrogen-bond acceptors (Lipinski definition) is 7. The Morgan fingerprint density at radius 3 is 1.51 bits per heavy atom. The Bertz CT molecular complexity index is 1250. The Labute approximate surface area is 217 Å². The van der Waals surface area contributed by atoms with Gasteiger partial charge in [0.25, 0.3) is 0 Å². The zero-order valence-electron chi connectivity index (χ0n) is 21.8. The highest BCUT2D eigenvalue weighted by Gasteiger charge is 2.13. The van der Waals surface area contributed by atoms with E-state index in [0.717, 1.165) is 16.7 Å². The Kier molecular flexibility index (Phi) is 9.43. The molecule has 3 aromatic rings. The molecule has 0 unspecified atom stereocenters. The van der Waals surface area contributed by atoms with Crippen LogP contribution in [0, 0.1) is 0 Å². The fourth-order valence-corrected chi connectivity index (χ4v) is 3.66. The summed E-state index contributed by atoms with van der Waals surface area (Å²) >= 11 is 0. The minimum Gasteiger partial charge on any atom is -0.493 e. The van der Waals surface area contributed by atoms with E-state index < -0.39 is 0 Å². The number of nitrogens with one attached hydrogen (secondary N) is 1. The molecular formula is C29H31NO7. The van der Waals surface area contributed by atoms with Crippen LogP contribution in [-0.4, -0.2) is 48.6 Å². The number of carbonyl (C=O) groups excluding carboxylic acids is 1. The van der Waals surface area contributed by atoms with Crippen LogP contribution in [0.2, 0.25) is 0 Å². The van der Waals surface area contributed by atoms with Crippen LogP contribution in [-0.2, 0) is 4.79 Å². The van der Waals surface area contributed by atoms with Gasteiger partial charge in [0.15, 0.2) is 23.0 Å². The van der Waals surface area contributed by atoms with Gasteiger partial charge in [-0.3, -0.25) is 4.79 Å². The van der Waals surface area contributed by atoms with Gasteiger partial charge in [-0.2, -0.15) is 0 Å². The Hall–Kier alpha value is -4.59. The summed E-state index contributed by atoms with van der Waals surface area (Å²) in [5, 5.41) is 2.88. The molecule has 0 aliphatic carbocycles. The van der Waals surface area contributed by atoms with Gasteiger partial charge in [0, 0.05) is 11.8 Å². The summed E-state index contributed by atoms with van der Waals surface area (Å²) in [4.78, 5) is 12.6. The topological polar surface area (TPSA) is 84.5 Å². The van der Waals surface area contributed by atoms with Crippen LogP contribution >= 0.6 is 0 Å². The highest BCUT2D eigenvalue weighted by Crippen LogP contribution is 2.39. The molecule has 0 aliphatic rings. The first-order valence-corrected chi connectivity index (χ1v) is 11.3. The number of anilines is 1. The fourth-order valence-electron chi connectivity index (χ4n) is 3.66. The van der Waals surface area contributed by atoms with Gasteiger partial charge in [0.1, 0.15) is 0 Å². The maximum Gasteiger partial charge on any atom is 0.248 e. The van der Waals surface area contributed by atoms with Gasteiger partial charge in [-0.15, -0.1) is 0 Å². The zero-order chi connectivity index (χ0) is 26.8. The molecule has 0 spiro atoms. The number of ether oxygens (including phenoxy) is 6. The molecule has 8 heteroatoms. The second-order valence-electron chi connectivity index (χ2n) is 7.70. The first-order chi connectivity index (χ1) is 18.0. The third-order valence-electron chi connectivity index (χ3n) is 5.42. The number of methoxy groups -OCH3 is 6. The van der Waals surface area contributed by atoms with Gasteiger partial charge in [-0.1, -0.05) is 24.3 Å². The molecule has 1 N–H and O–H groups in total. The van der Waals surface area contributed by atoms with Crippen LogP contribution in [0.1, 0.15) is 16.7 Å². The lowest BCUT2D eigenvalue weighted by Gasteiger charge is -2.13. The van der Waals surface area contributed by atoms with E-state index in [1.165, 1.54) is 13.2 Å². The normalized spacial score (nSPS) is 10.9. The molecule has 3 aromatic carbocycles. The standard InChI is InChI=1S/C29H31NO7/c1-32-23-15-20(16-24(33-2)28(23)36-5)11-10-19-8-7-9-22(14-19)30-27(31)13-12-21-17-25(34-3)29(37-6)26(18-21)35-4/h7-18H,1-6H3,(H,30,31)/b11-10?,13-12+. The van der Waals surface area contributed by atoms with E-state index in [9.17, 15) is 4.79 Å². The highest BCUT2D eigenvalue weighted by molar-refractivity contribution is 6.02. The van der Waals surface area contributed by atoms with Crippen molar-refractivity contribution in [3.8, 4) is 34.5 Å². The van der Waals surface area contributed by atoms with Crippen molar-refractivity contribution < 1.29 is 33.2 Å². The van der Waals surface area contributed by atoms with Crippen molar-refractivity contribution in [3.05, 3.63) is 71.3 Å². The molecule has 0 radical (unpaired) electrons. The second kappa shape index (κ2) is 12.9.